The highest BCUT2D eigenvalue weighted by molar-refractivity contribution is 14.1. The molecule has 0 saturated heterocycles. The van der Waals surface area contributed by atoms with Gasteiger partial charge in [0.05, 0.1) is 6.10 Å². The predicted octanol–water partition coefficient (Wildman–Crippen LogP) is 2.73. The smallest absolute Gasteiger partial charge is 0.0787 e. The average molecular weight is 262 g/mol. The minimum Gasteiger partial charge on any atom is -0.388 e. The highest BCUT2D eigenvalue weighted by Crippen LogP contribution is 2.16. The van der Waals surface area contributed by atoms with Gasteiger partial charge in [0.25, 0.3) is 0 Å². The molecule has 0 unspecified atom stereocenters. The molecule has 0 spiro atoms. The zero-order chi connectivity index (χ0) is 8.27. The summed E-state index contributed by atoms with van der Waals surface area (Å²) in [7, 11) is 0. The largest absolute Gasteiger partial charge is 0.388 e. The van der Waals surface area contributed by atoms with Gasteiger partial charge in [0.15, 0.2) is 0 Å². The number of hydrogen-bond donors (Lipinski definition) is 1. The Morgan fingerprint density at radius 2 is 1.91 bits per heavy atom. The normalized spacial score (nSPS) is 13.0. The minimum absolute atomic E-state index is 0.299. The van der Waals surface area contributed by atoms with Gasteiger partial charge in [0.1, 0.15) is 0 Å². The molecule has 0 aliphatic heterocycles. The van der Waals surface area contributed by atoms with Crippen molar-refractivity contribution in [2.24, 2.45) is 0 Å². The van der Waals surface area contributed by atoms with Crippen LogP contribution in [0.15, 0.2) is 24.3 Å². The third-order valence-corrected chi connectivity index (χ3v) is 2.36. The third-order valence-electron chi connectivity index (χ3n) is 1.64. The number of benzene rings is 1. The van der Waals surface area contributed by atoms with Crippen molar-refractivity contribution in [1.29, 1.82) is 0 Å². The molecule has 1 aromatic rings. The topological polar surface area (TPSA) is 20.2 Å². The maximum absolute atomic E-state index is 9.42. The van der Waals surface area contributed by atoms with Crippen LogP contribution in [0.2, 0.25) is 0 Å². The Labute approximate surface area is 80.6 Å². The molecule has 60 valence electrons. The Balaban J connectivity index is 2.81. The van der Waals surface area contributed by atoms with Crippen molar-refractivity contribution in [1.82, 2.24) is 0 Å². The highest BCUT2D eigenvalue weighted by Gasteiger charge is 2.02. The zero-order valence-corrected chi connectivity index (χ0v) is 8.58. The quantitative estimate of drug-likeness (QED) is 0.812. The van der Waals surface area contributed by atoms with E-state index in [4.69, 9.17) is 0 Å². The van der Waals surface area contributed by atoms with Crippen molar-refractivity contribution in [3.63, 3.8) is 0 Å². The molecular weight excluding hydrogens is 251 g/mol. The van der Waals surface area contributed by atoms with Crippen molar-refractivity contribution in [2.75, 3.05) is 0 Å². The lowest BCUT2D eigenvalue weighted by atomic mass is 10.1. The van der Waals surface area contributed by atoms with Gasteiger partial charge in [-0.25, -0.2) is 0 Å². The number of halogens is 1. The predicted molar refractivity (Wildman–Crippen MR) is 54.4 cm³/mol. The molecule has 2 heteroatoms. The van der Waals surface area contributed by atoms with Gasteiger partial charge in [0, 0.05) is 3.57 Å². The van der Waals surface area contributed by atoms with Crippen molar-refractivity contribution in [3.05, 3.63) is 33.4 Å². The standard InChI is InChI=1S/C9H11IO/c1-2-9(11)7-3-5-8(10)6-4-7/h3-6,9,11H,2H2,1H3/t9-/m0/s1. The maximum Gasteiger partial charge on any atom is 0.0787 e. The van der Waals surface area contributed by atoms with E-state index in [0.29, 0.717) is 0 Å². The number of rotatable bonds is 2. The van der Waals surface area contributed by atoms with Crippen LogP contribution in [0.1, 0.15) is 25.0 Å². The molecule has 11 heavy (non-hydrogen) atoms. The molecule has 1 rings (SSSR count). The number of aliphatic hydroxyl groups excluding tert-OH is 1. The molecule has 0 amide bonds. The summed E-state index contributed by atoms with van der Waals surface area (Å²) in [6.45, 7) is 1.97. The molecular formula is C9H11IO. The van der Waals surface area contributed by atoms with Gasteiger partial charge in [-0.3, -0.25) is 0 Å². The van der Waals surface area contributed by atoms with Crippen LogP contribution in [-0.4, -0.2) is 5.11 Å². The molecule has 0 aromatic heterocycles. The number of aliphatic hydroxyl groups is 1. The van der Waals surface area contributed by atoms with Crippen molar-refractivity contribution in [3.8, 4) is 0 Å². The molecule has 0 aliphatic rings. The van der Waals surface area contributed by atoms with E-state index in [0.717, 1.165) is 12.0 Å². The van der Waals surface area contributed by atoms with Crippen molar-refractivity contribution < 1.29 is 5.11 Å². The lowest BCUT2D eigenvalue weighted by Crippen LogP contribution is -1.93. The molecule has 1 nitrogen and oxygen atoms in total. The van der Waals surface area contributed by atoms with E-state index in [9.17, 15) is 5.11 Å². The summed E-state index contributed by atoms with van der Waals surface area (Å²) in [4.78, 5) is 0. The molecule has 0 heterocycles. The Bertz CT molecular complexity index is 218. The second kappa shape index (κ2) is 4.07. The molecule has 1 N–H and O–H groups in total. The van der Waals surface area contributed by atoms with Gasteiger partial charge in [0.2, 0.25) is 0 Å². The molecule has 0 saturated carbocycles. The second-order valence-electron chi connectivity index (χ2n) is 2.48. The van der Waals surface area contributed by atoms with E-state index in [-0.39, 0.29) is 6.10 Å². The van der Waals surface area contributed by atoms with Gasteiger partial charge in [-0.1, -0.05) is 19.1 Å². The van der Waals surface area contributed by atoms with Gasteiger partial charge in [-0.15, -0.1) is 0 Å². The van der Waals surface area contributed by atoms with E-state index in [1.165, 1.54) is 3.57 Å². The van der Waals surface area contributed by atoms with Crippen LogP contribution in [0.4, 0.5) is 0 Å². The monoisotopic (exact) mass is 262 g/mol. The minimum atomic E-state index is -0.299. The van der Waals surface area contributed by atoms with E-state index >= 15 is 0 Å². The molecule has 1 atom stereocenters. The molecule has 1 aromatic carbocycles. The van der Waals surface area contributed by atoms with Crippen molar-refractivity contribution in [2.45, 2.75) is 19.4 Å². The lowest BCUT2D eigenvalue weighted by molar-refractivity contribution is 0.173. The molecule has 0 bridgehead atoms. The summed E-state index contributed by atoms with van der Waals surface area (Å²) in [5, 5.41) is 9.42. The Hall–Kier alpha value is -0.0900. The fraction of sp³-hybridized carbons (Fsp3) is 0.333. The van der Waals surface area contributed by atoms with Gasteiger partial charge < -0.3 is 5.11 Å². The first-order valence-electron chi connectivity index (χ1n) is 3.67. The van der Waals surface area contributed by atoms with Gasteiger partial charge in [-0.05, 0) is 46.7 Å². The molecule has 0 fully saturated rings. The van der Waals surface area contributed by atoms with Crippen molar-refractivity contribution >= 4 is 22.6 Å². The van der Waals surface area contributed by atoms with Crippen LogP contribution in [0, 0.1) is 3.57 Å². The first-order valence-corrected chi connectivity index (χ1v) is 4.75. The Morgan fingerprint density at radius 3 is 2.36 bits per heavy atom. The van der Waals surface area contributed by atoms with Crippen LogP contribution >= 0.6 is 22.6 Å². The molecule has 0 aliphatic carbocycles. The Kier molecular flexibility index (Phi) is 3.33. The SMILES string of the molecule is CC[C@H](O)c1ccc(I)cc1. The summed E-state index contributed by atoms with van der Waals surface area (Å²) in [5.41, 5.74) is 1.01. The summed E-state index contributed by atoms with van der Waals surface area (Å²) in [6.07, 6.45) is 0.479. The maximum atomic E-state index is 9.42. The molecule has 0 radical (unpaired) electrons. The van der Waals surface area contributed by atoms with E-state index in [1.54, 1.807) is 0 Å². The van der Waals surface area contributed by atoms with Gasteiger partial charge in [-0.2, -0.15) is 0 Å². The fourth-order valence-electron chi connectivity index (χ4n) is 0.921. The van der Waals surface area contributed by atoms with Crippen LogP contribution in [-0.2, 0) is 0 Å². The van der Waals surface area contributed by atoms with Crippen LogP contribution in [0.5, 0.6) is 0 Å². The third kappa shape index (κ3) is 2.45. The average Bonchev–Trinajstić information content (AvgIpc) is 2.05. The highest BCUT2D eigenvalue weighted by atomic mass is 127. The van der Waals surface area contributed by atoms with Crippen LogP contribution in [0.3, 0.4) is 0 Å². The van der Waals surface area contributed by atoms with Crippen LogP contribution < -0.4 is 0 Å². The Morgan fingerprint density at radius 1 is 1.36 bits per heavy atom. The number of hydrogen-bond acceptors (Lipinski definition) is 1. The fourth-order valence-corrected chi connectivity index (χ4v) is 1.28. The summed E-state index contributed by atoms with van der Waals surface area (Å²) in [6, 6.07) is 7.95. The first kappa shape index (κ1) is 9.00. The first-order chi connectivity index (χ1) is 5.24. The summed E-state index contributed by atoms with van der Waals surface area (Å²) < 4.78 is 1.20. The summed E-state index contributed by atoms with van der Waals surface area (Å²) >= 11 is 2.25. The lowest BCUT2D eigenvalue weighted by Gasteiger charge is -2.06. The van der Waals surface area contributed by atoms with E-state index < -0.39 is 0 Å². The zero-order valence-electron chi connectivity index (χ0n) is 6.42. The van der Waals surface area contributed by atoms with Crippen LogP contribution in [0.25, 0.3) is 0 Å². The van der Waals surface area contributed by atoms with E-state index in [2.05, 4.69) is 22.6 Å². The summed E-state index contributed by atoms with van der Waals surface area (Å²) in [5.74, 6) is 0. The van der Waals surface area contributed by atoms with Gasteiger partial charge >= 0.3 is 0 Å². The van der Waals surface area contributed by atoms with E-state index in [1.807, 2.05) is 31.2 Å². The second-order valence-corrected chi connectivity index (χ2v) is 3.72.